The Labute approximate surface area is 182 Å². The summed E-state index contributed by atoms with van der Waals surface area (Å²) in [5.41, 5.74) is 0. The molecule has 2 aliphatic heterocycles. The van der Waals surface area contributed by atoms with Crippen molar-refractivity contribution in [1.29, 1.82) is 0 Å². The molecule has 0 saturated carbocycles. The predicted molar refractivity (Wildman–Crippen MR) is 126 cm³/mol. The van der Waals surface area contributed by atoms with E-state index in [-0.39, 0.29) is 0 Å². The van der Waals surface area contributed by atoms with Crippen LogP contribution in [0.15, 0.2) is 0 Å². The summed E-state index contributed by atoms with van der Waals surface area (Å²) in [5, 5.41) is 0. The first-order chi connectivity index (χ1) is 14.4. The third-order valence-electron chi connectivity index (χ3n) is 6.86. The minimum absolute atomic E-state index is 0.646. The fourth-order valence-electron chi connectivity index (χ4n) is 4.57. The monoisotopic (exact) mass is 408 g/mol. The van der Waals surface area contributed by atoms with E-state index in [9.17, 15) is 0 Å². The summed E-state index contributed by atoms with van der Waals surface area (Å²) >= 11 is 0. The Bertz CT molecular complexity index is 303. The zero-order valence-electron chi connectivity index (χ0n) is 19.6. The highest BCUT2D eigenvalue weighted by Gasteiger charge is 2.21. The van der Waals surface area contributed by atoms with Gasteiger partial charge in [-0.2, -0.15) is 0 Å². The maximum absolute atomic E-state index is 5.26. The minimum Gasteiger partial charge on any atom is -0.373 e. The standard InChI is InChI=1S/C27H52O2/c1(2-4-6-8-10-12-14-16-18-20-22-26-24-28-26)3-5-7-9-11-13-15-17-19-21-23-27-25-29-27/h26-27H,1-25H2. The Morgan fingerprint density at radius 3 is 0.655 bits per heavy atom. The summed E-state index contributed by atoms with van der Waals surface area (Å²) in [6, 6.07) is 0. The molecule has 0 bridgehead atoms. The molecule has 2 heterocycles. The minimum atomic E-state index is 0.646. The normalized spacial score (nSPS) is 20.3. The molecule has 0 radical (unpaired) electrons. The van der Waals surface area contributed by atoms with Gasteiger partial charge in [0.05, 0.1) is 25.4 Å². The van der Waals surface area contributed by atoms with Gasteiger partial charge < -0.3 is 9.47 Å². The Balaban J connectivity index is 1.12. The van der Waals surface area contributed by atoms with Gasteiger partial charge in [-0.3, -0.25) is 0 Å². The second-order valence-electron chi connectivity index (χ2n) is 9.91. The number of ether oxygens (including phenoxy) is 2. The molecular formula is C27H52O2. The van der Waals surface area contributed by atoms with Crippen molar-refractivity contribution in [3.05, 3.63) is 0 Å². The van der Waals surface area contributed by atoms with Crippen LogP contribution in [-0.4, -0.2) is 25.4 Å². The van der Waals surface area contributed by atoms with Crippen LogP contribution in [-0.2, 0) is 9.47 Å². The maximum Gasteiger partial charge on any atom is 0.0810 e. The molecular weight excluding hydrogens is 356 g/mol. The van der Waals surface area contributed by atoms with Crippen LogP contribution >= 0.6 is 0 Å². The molecule has 2 saturated heterocycles. The first kappa shape index (κ1) is 25.2. The van der Waals surface area contributed by atoms with Crippen LogP contribution in [0.2, 0.25) is 0 Å². The molecule has 0 aliphatic carbocycles. The Hall–Kier alpha value is -0.0800. The smallest absolute Gasteiger partial charge is 0.0810 e. The lowest BCUT2D eigenvalue weighted by atomic mass is 10.0. The first-order valence-electron chi connectivity index (χ1n) is 13.7. The van der Waals surface area contributed by atoms with Crippen molar-refractivity contribution >= 4 is 0 Å². The van der Waals surface area contributed by atoms with Gasteiger partial charge in [-0.1, -0.05) is 135 Å². The van der Waals surface area contributed by atoms with Crippen molar-refractivity contribution in [3.63, 3.8) is 0 Å². The fourth-order valence-corrected chi connectivity index (χ4v) is 4.57. The van der Waals surface area contributed by atoms with Gasteiger partial charge in [0.2, 0.25) is 0 Å². The molecule has 2 rings (SSSR count). The molecule has 2 atom stereocenters. The lowest BCUT2D eigenvalue weighted by Gasteiger charge is -2.04. The first-order valence-corrected chi connectivity index (χ1v) is 13.7. The molecule has 0 spiro atoms. The Morgan fingerprint density at radius 2 is 0.483 bits per heavy atom. The van der Waals surface area contributed by atoms with Crippen molar-refractivity contribution in [2.45, 2.75) is 160 Å². The van der Waals surface area contributed by atoms with Crippen LogP contribution in [0, 0.1) is 0 Å². The zero-order valence-corrected chi connectivity index (χ0v) is 19.6. The Morgan fingerprint density at radius 1 is 0.310 bits per heavy atom. The number of epoxide rings is 2. The van der Waals surface area contributed by atoms with Crippen LogP contribution < -0.4 is 0 Å². The van der Waals surface area contributed by atoms with Crippen molar-refractivity contribution in [2.24, 2.45) is 0 Å². The van der Waals surface area contributed by atoms with Crippen LogP contribution in [0.5, 0.6) is 0 Å². The van der Waals surface area contributed by atoms with Crippen LogP contribution in [0.25, 0.3) is 0 Å². The van der Waals surface area contributed by atoms with Crippen molar-refractivity contribution in [3.8, 4) is 0 Å². The molecule has 2 unspecified atom stereocenters. The lowest BCUT2D eigenvalue weighted by Crippen LogP contribution is -1.86. The fraction of sp³-hybridized carbons (Fsp3) is 1.00. The molecule has 2 nitrogen and oxygen atoms in total. The van der Waals surface area contributed by atoms with Crippen LogP contribution in [0.4, 0.5) is 0 Å². The summed E-state index contributed by atoms with van der Waals surface area (Å²) in [4.78, 5) is 0. The summed E-state index contributed by atoms with van der Waals surface area (Å²) < 4.78 is 10.5. The molecule has 2 heteroatoms. The summed E-state index contributed by atoms with van der Waals surface area (Å²) in [6.45, 7) is 2.08. The molecule has 2 fully saturated rings. The van der Waals surface area contributed by atoms with E-state index in [1.165, 1.54) is 148 Å². The summed E-state index contributed by atoms with van der Waals surface area (Å²) in [6.07, 6.45) is 34.6. The summed E-state index contributed by atoms with van der Waals surface area (Å²) in [5.74, 6) is 0. The van der Waals surface area contributed by atoms with Gasteiger partial charge >= 0.3 is 0 Å². The largest absolute Gasteiger partial charge is 0.373 e. The van der Waals surface area contributed by atoms with Gasteiger partial charge in [0.25, 0.3) is 0 Å². The van der Waals surface area contributed by atoms with Gasteiger partial charge in [-0.15, -0.1) is 0 Å². The van der Waals surface area contributed by atoms with Gasteiger partial charge in [-0.25, -0.2) is 0 Å². The number of rotatable bonds is 24. The van der Waals surface area contributed by atoms with E-state index in [0.29, 0.717) is 12.2 Å². The van der Waals surface area contributed by atoms with Gasteiger partial charge in [-0.05, 0) is 12.8 Å². The highest BCUT2D eigenvalue weighted by molar-refractivity contribution is 4.68. The third-order valence-corrected chi connectivity index (χ3v) is 6.86. The third kappa shape index (κ3) is 18.4. The number of hydrogen-bond donors (Lipinski definition) is 0. The molecule has 0 aromatic heterocycles. The molecule has 29 heavy (non-hydrogen) atoms. The molecule has 0 N–H and O–H groups in total. The number of hydrogen-bond acceptors (Lipinski definition) is 2. The highest BCUT2D eigenvalue weighted by Crippen LogP contribution is 2.20. The maximum atomic E-state index is 5.26. The topological polar surface area (TPSA) is 25.1 Å². The van der Waals surface area contributed by atoms with E-state index >= 15 is 0 Å². The molecule has 172 valence electrons. The zero-order chi connectivity index (χ0) is 20.2. The number of unbranched alkanes of at least 4 members (excludes halogenated alkanes) is 20. The predicted octanol–water partition coefficient (Wildman–Crippen LogP) is 8.76. The van der Waals surface area contributed by atoms with E-state index in [2.05, 4.69) is 0 Å². The molecule has 0 aromatic carbocycles. The summed E-state index contributed by atoms with van der Waals surface area (Å²) in [7, 11) is 0. The highest BCUT2D eigenvalue weighted by atomic mass is 16.6. The van der Waals surface area contributed by atoms with Crippen molar-refractivity contribution < 1.29 is 9.47 Å². The van der Waals surface area contributed by atoms with Crippen LogP contribution in [0.1, 0.15) is 148 Å². The average Bonchev–Trinajstić information content (AvgIpc) is 3.64. The van der Waals surface area contributed by atoms with E-state index < -0.39 is 0 Å². The van der Waals surface area contributed by atoms with Crippen molar-refractivity contribution in [1.82, 2.24) is 0 Å². The van der Waals surface area contributed by atoms with E-state index in [1.54, 1.807) is 0 Å². The lowest BCUT2D eigenvalue weighted by molar-refractivity contribution is 0.387. The van der Waals surface area contributed by atoms with E-state index in [1.807, 2.05) is 0 Å². The van der Waals surface area contributed by atoms with E-state index in [4.69, 9.17) is 9.47 Å². The second-order valence-corrected chi connectivity index (χ2v) is 9.91. The van der Waals surface area contributed by atoms with Gasteiger partial charge in [0.15, 0.2) is 0 Å². The average molecular weight is 409 g/mol. The van der Waals surface area contributed by atoms with Crippen molar-refractivity contribution in [2.75, 3.05) is 13.2 Å². The van der Waals surface area contributed by atoms with Gasteiger partial charge in [0.1, 0.15) is 0 Å². The second kappa shape index (κ2) is 18.7. The molecule has 0 amide bonds. The van der Waals surface area contributed by atoms with E-state index in [0.717, 1.165) is 13.2 Å². The Kier molecular flexibility index (Phi) is 16.2. The van der Waals surface area contributed by atoms with Crippen LogP contribution in [0.3, 0.4) is 0 Å². The quantitative estimate of drug-likeness (QED) is 0.118. The van der Waals surface area contributed by atoms with Gasteiger partial charge in [0, 0.05) is 0 Å². The molecule has 2 aliphatic rings. The molecule has 0 aromatic rings. The SMILES string of the molecule is C(CCCCCCCCCCCC1CO1)CCCCCCCCCCCC1CO1.